The van der Waals surface area contributed by atoms with Gasteiger partial charge in [0.25, 0.3) is 0 Å². The highest BCUT2D eigenvalue weighted by Gasteiger charge is 2.30. The van der Waals surface area contributed by atoms with Crippen LogP contribution in [0.3, 0.4) is 0 Å². The van der Waals surface area contributed by atoms with Crippen LogP contribution in [-0.2, 0) is 19.3 Å². The molecule has 2 aromatic heterocycles. The third-order valence-corrected chi connectivity index (χ3v) is 2.97. The molecule has 0 aliphatic rings. The molecule has 0 saturated heterocycles. The van der Waals surface area contributed by atoms with E-state index in [9.17, 15) is 13.2 Å². The molecule has 3 aromatic rings. The lowest BCUT2D eigenvalue weighted by Crippen LogP contribution is -2.04. The van der Waals surface area contributed by atoms with E-state index in [1.54, 1.807) is 6.20 Å². The Balaban J connectivity index is 1.90. The van der Waals surface area contributed by atoms with E-state index in [1.807, 2.05) is 0 Å². The summed E-state index contributed by atoms with van der Waals surface area (Å²) in [6.45, 7) is 0.554. The molecule has 0 radical (unpaired) electrons. The first kappa shape index (κ1) is 13.6. The van der Waals surface area contributed by atoms with E-state index in [2.05, 4.69) is 20.3 Å². The van der Waals surface area contributed by atoms with E-state index in [1.165, 1.54) is 10.7 Å². The van der Waals surface area contributed by atoms with Crippen molar-refractivity contribution < 1.29 is 13.2 Å². The van der Waals surface area contributed by atoms with Crippen LogP contribution in [0.25, 0.3) is 11.0 Å². The van der Waals surface area contributed by atoms with Gasteiger partial charge in [0.1, 0.15) is 12.4 Å². The Kier molecular flexibility index (Phi) is 3.13. The molecule has 0 atom stereocenters. The molecular formula is C12H11F3N6. The molecule has 0 bridgehead atoms. The first-order chi connectivity index (χ1) is 9.95. The third kappa shape index (κ3) is 2.72. The molecule has 3 rings (SSSR count). The normalized spacial score (nSPS) is 12.2. The zero-order valence-electron chi connectivity index (χ0n) is 10.7. The second kappa shape index (κ2) is 4.85. The highest BCUT2D eigenvalue weighted by molar-refractivity contribution is 5.76. The zero-order valence-corrected chi connectivity index (χ0v) is 10.7. The van der Waals surface area contributed by atoms with Gasteiger partial charge in [0.15, 0.2) is 0 Å². The number of benzene rings is 1. The summed E-state index contributed by atoms with van der Waals surface area (Å²) >= 11 is 0. The monoisotopic (exact) mass is 296 g/mol. The third-order valence-electron chi connectivity index (χ3n) is 2.97. The van der Waals surface area contributed by atoms with E-state index >= 15 is 0 Å². The van der Waals surface area contributed by atoms with Gasteiger partial charge >= 0.3 is 6.18 Å². The molecule has 0 aliphatic heterocycles. The quantitative estimate of drug-likeness (QED) is 0.770. The highest BCUT2D eigenvalue weighted by atomic mass is 19.4. The lowest BCUT2D eigenvalue weighted by Gasteiger charge is -2.05. The van der Waals surface area contributed by atoms with Crippen LogP contribution in [0.5, 0.6) is 0 Å². The van der Waals surface area contributed by atoms with Crippen molar-refractivity contribution >= 4 is 11.0 Å². The van der Waals surface area contributed by atoms with E-state index in [4.69, 9.17) is 5.73 Å². The molecule has 110 valence electrons. The van der Waals surface area contributed by atoms with E-state index < -0.39 is 11.7 Å². The van der Waals surface area contributed by atoms with Gasteiger partial charge in [-0.3, -0.25) is 0 Å². The Morgan fingerprint density at radius 2 is 2.10 bits per heavy atom. The van der Waals surface area contributed by atoms with Gasteiger partial charge in [-0.15, -0.1) is 5.10 Å². The summed E-state index contributed by atoms with van der Waals surface area (Å²) in [6, 6.07) is 3.39. The van der Waals surface area contributed by atoms with Crippen LogP contribution in [0, 0.1) is 0 Å². The number of hydrogen-bond acceptors (Lipinski definition) is 4. The fraction of sp³-hybridized carbons (Fsp3) is 0.250. The standard InChI is InChI=1S/C12H11F3N6/c13-12(14,15)7-1-2-9-10(3-7)18-11(17-9)6-21-5-8(4-16)19-20-21/h1-3,5H,4,6,16H2,(H,17,18). The van der Waals surface area contributed by atoms with Crippen molar-refractivity contribution in [1.82, 2.24) is 25.0 Å². The summed E-state index contributed by atoms with van der Waals surface area (Å²) in [6.07, 6.45) is -2.71. The van der Waals surface area contributed by atoms with Crippen molar-refractivity contribution in [2.75, 3.05) is 0 Å². The summed E-state index contributed by atoms with van der Waals surface area (Å²) < 4.78 is 39.4. The number of hydrogen-bond donors (Lipinski definition) is 2. The minimum absolute atomic E-state index is 0.273. The van der Waals surface area contributed by atoms with Crippen molar-refractivity contribution in [3.63, 3.8) is 0 Å². The second-order valence-corrected chi connectivity index (χ2v) is 4.52. The zero-order chi connectivity index (χ0) is 15.0. The van der Waals surface area contributed by atoms with Crippen LogP contribution in [0.2, 0.25) is 0 Å². The number of halogens is 3. The summed E-state index contributed by atoms with van der Waals surface area (Å²) in [5.74, 6) is 0.498. The van der Waals surface area contributed by atoms with Crippen molar-refractivity contribution in [2.45, 2.75) is 19.3 Å². The van der Waals surface area contributed by atoms with Crippen LogP contribution in [0.15, 0.2) is 24.4 Å². The Labute approximate surface area is 116 Å². The van der Waals surface area contributed by atoms with Crippen molar-refractivity contribution in [1.29, 1.82) is 0 Å². The molecule has 3 N–H and O–H groups in total. The van der Waals surface area contributed by atoms with Gasteiger partial charge in [0, 0.05) is 6.54 Å². The smallest absolute Gasteiger partial charge is 0.340 e. The van der Waals surface area contributed by atoms with Crippen LogP contribution < -0.4 is 5.73 Å². The Bertz CT molecular complexity index is 773. The maximum atomic E-state index is 12.6. The SMILES string of the molecule is NCc1cn(Cc2nc3ccc(C(F)(F)F)cc3[nH]2)nn1. The van der Waals surface area contributed by atoms with Crippen molar-refractivity contribution in [2.24, 2.45) is 5.73 Å². The van der Waals surface area contributed by atoms with E-state index in [0.717, 1.165) is 12.1 Å². The topological polar surface area (TPSA) is 85.4 Å². The second-order valence-electron chi connectivity index (χ2n) is 4.52. The number of aromatic amines is 1. The van der Waals surface area contributed by atoms with Gasteiger partial charge in [-0.05, 0) is 18.2 Å². The van der Waals surface area contributed by atoms with Gasteiger partial charge in [-0.25, -0.2) is 9.67 Å². The number of fused-ring (bicyclic) bond motifs is 1. The van der Waals surface area contributed by atoms with Crippen LogP contribution >= 0.6 is 0 Å². The Morgan fingerprint density at radius 1 is 1.29 bits per heavy atom. The molecule has 0 unspecified atom stereocenters. The fourth-order valence-electron chi connectivity index (χ4n) is 1.98. The lowest BCUT2D eigenvalue weighted by atomic mass is 10.2. The minimum Gasteiger partial charge on any atom is -0.340 e. The number of nitrogens with two attached hydrogens (primary N) is 1. The number of aromatic nitrogens is 5. The molecule has 0 saturated carbocycles. The fourth-order valence-corrected chi connectivity index (χ4v) is 1.98. The molecule has 9 heteroatoms. The number of alkyl halides is 3. The predicted molar refractivity (Wildman–Crippen MR) is 68.1 cm³/mol. The minimum atomic E-state index is -4.37. The number of nitrogens with zero attached hydrogens (tertiary/aromatic N) is 4. The Hall–Kier alpha value is -2.42. The molecule has 6 nitrogen and oxygen atoms in total. The molecule has 0 fully saturated rings. The molecule has 0 aliphatic carbocycles. The molecule has 2 heterocycles. The predicted octanol–water partition coefficient (Wildman–Crippen LogP) is 1.68. The number of imidazole rings is 1. The van der Waals surface area contributed by atoms with E-state index in [-0.39, 0.29) is 13.1 Å². The average molecular weight is 296 g/mol. The van der Waals surface area contributed by atoms with E-state index in [0.29, 0.717) is 22.6 Å². The van der Waals surface area contributed by atoms with Gasteiger partial charge in [-0.1, -0.05) is 5.21 Å². The summed E-state index contributed by atoms with van der Waals surface area (Å²) in [5, 5.41) is 7.68. The Morgan fingerprint density at radius 3 is 2.76 bits per heavy atom. The molecular weight excluding hydrogens is 285 g/mol. The molecule has 21 heavy (non-hydrogen) atoms. The first-order valence-electron chi connectivity index (χ1n) is 6.10. The number of nitrogens with one attached hydrogen (secondary N) is 1. The summed E-state index contributed by atoms with van der Waals surface area (Å²) in [4.78, 5) is 7.08. The van der Waals surface area contributed by atoms with Gasteiger partial charge in [0.05, 0.1) is 28.5 Å². The highest BCUT2D eigenvalue weighted by Crippen LogP contribution is 2.30. The molecule has 1 aromatic carbocycles. The average Bonchev–Trinajstić information content (AvgIpc) is 3.02. The number of rotatable bonds is 3. The number of H-pyrrole nitrogens is 1. The van der Waals surface area contributed by atoms with Gasteiger partial charge < -0.3 is 10.7 Å². The van der Waals surface area contributed by atoms with Crippen LogP contribution in [-0.4, -0.2) is 25.0 Å². The lowest BCUT2D eigenvalue weighted by molar-refractivity contribution is -0.137. The first-order valence-corrected chi connectivity index (χ1v) is 6.10. The van der Waals surface area contributed by atoms with Gasteiger partial charge in [0.2, 0.25) is 0 Å². The summed E-state index contributed by atoms with van der Waals surface area (Å²) in [7, 11) is 0. The van der Waals surface area contributed by atoms with Crippen molar-refractivity contribution in [3.8, 4) is 0 Å². The largest absolute Gasteiger partial charge is 0.416 e. The maximum Gasteiger partial charge on any atom is 0.416 e. The van der Waals surface area contributed by atoms with Gasteiger partial charge in [-0.2, -0.15) is 13.2 Å². The summed E-state index contributed by atoms with van der Waals surface area (Å²) in [5.41, 5.74) is 6.15. The maximum absolute atomic E-state index is 12.6. The van der Waals surface area contributed by atoms with Crippen LogP contribution in [0.1, 0.15) is 17.1 Å². The van der Waals surface area contributed by atoms with Crippen molar-refractivity contribution in [3.05, 3.63) is 41.5 Å². The molecule has 0 amide bonds. The van der Waals surface area contributed by atoms with Crippen LogP contribution in [0.4, 0.5) is 13.2 Å². The molecule has 0 spiro atoms.